The van der Waals surface area contributed by atoms with E-state index in [4.69, 9.17) is 9.40 Å². The largest absolute Gasteiger partial charge is 0.435 e. The fourth-order valence-corrected chi connectivity index (χ4v) is 7.99. The van der Waals surface area contributed by atoms with Gasteiger partial charge in [0.05, 0.1) is 16.7 Å². The van der Waals surface area contributed by atoms with E-state index in [1.807, 2.05) is 0 Å². The highest BCUT2D eigenvalue weighted by atomic mass is 32.1. The highest BCUT2D eigenvalue weighted by Gasteiger charge is 2.20. The van der Waals surface area contributed by atoms with Gasteiger partial charge in [-0.1, -0.05) is 84.9 Å². The lowest BCUT2D eigenvalue weighted by Gasteiger charge is -2.14. The number of hydrogen-bond donors (Lipinski definition) is 0. The second kappa shape index (κ2) is 8.54. The number of fused-ring (bicyclic) bond motifs is 10. The van der Waals surface area contributed by atoms with Crippen LogP contribution in [0.4, 0.5) is 0 Å². The van der Waals surface area contributed by atoms with Crippen molar-refractivity contribution in [3.8, 4) is 17.1 Å². The molecular formula is C39H22N2OS. The summed E-state index contributed by atoms with van der Waals surface area (Å²) in [6, 6.07) is 47.8. The number of benzene rings is 7. The van der Waals surface area contributed by atoms with E-state index in [9.17, 15) is 0 Å². The maximum absolute atomic E-state index is 6.65. The molecule has 3 nitrogen and oxygen atoms in total. The standard InChI is InChI=1S/C39H22N2OS/c1-2-10-24-22-34-30(21-23(24)9-1)27-13-5-7-15-32(27)41(34)33-19-17-28(25-11-3-4-12-26(25)33)39-40-31-18-20-36-37(38(31)42-39)29-14-6-8-16-35(29)43-36/h1-22H. The number of oxazole rings is 1. The molecule has 0 saturated heterocycles. The van der Waals surface area contributed by atoms with E-state index in [1.165, 1.54) is 47.4 Å². The first-order valence-electron chi connectivity index (χ1n) is 14.5. The fraction of sp³-hybridized carbons (Fsp3) is 0. The van der Waals surface area contributed by atoms with E-state index in [0.717, 1.165) is 38.5 Å². The average molecular weight is 567 g/mol. The normalized spacial score (nSPS) is 12.2. The first-order valence-corrected chi connectivity index (χ1v) is 15.3. The van der Waals surface area contributed by atoms with Crippen LogP contribution in [0.25, 0.3) is 91.8 Å². The summed E-state index contributed by atoms with van der Waals surface area (Å²) in [5, 5.41) is 9.63. The van der Waals surface area contributed by atoms with Gasteiger partial charge in [0, 0.05) is 41.9 Å². The summed E-state index contributed by atoms with van der Waals surface area (Å²) >= 11 is 1.80. The molecule has 0 N–H and O–H groups in total. The van der Waals surface area contributed by atoms with Crippen LogP contribution < -0.4 is 0 Å². The molecule has 0 saturated carbocycles. The van der Waals surface area contributed by atoms with Crippen molar-refractivity contribution in [1.29, 1.82) is 0 Å². The molecule has 43 heavy (non-hydrogen) atoms. The van der Waals surface area contributed by atoms with Gasteiger partial charge in [-0.15, -0.1) is 11.3 Å². The van der Waals surface area contributed by atoms with Crippen molar-refractivity contribution in [3.05, 3.63) is 133 Å². The number of para-hydroxylation sites is 1. The van der Waals surface area contributed by atoms with Crippen LogP contribution in [0.1, 0.15) is 0 Å². The quantitative estimate of drug-likeness (QED) is 0.208. The van der Waals surface area contributed by atoms with Gasteiger partial charge in [0.25, 0.3) is 0 Å². The third-order valence-electron chi connectivity index (χ3n) is 8.81. The minimum Gasteiger partial charge on any atom is -0.435 e. The molecule has 0 aliphatic heterocycles. The zero-order chi connectivity index (χ0) is 28.1. The third kappa shape index (κ3) is 3.21. The first-order chi connectivity index (χ1) is 21.3. The van der Waals surface area contributed by atoms with Crippen LogP contribution in [0.15, 0.2) is 138 Å². The summed E-state index contributed by atoms with van der Waals surface area (Å²) in [5.74, 6) is 0.647. The van der Waals surface area contributed by atoms with E-state index in [-0.39, 0.29) is 0 Å². The Balaban J connectivity index is 1.25. The molecule has 0 spiro atoms. The molecule has 0 fully saturated rings. The van der Waals surface area contributed by atoms with Crippen LogP contribution in [-0.4, -0.2) is 9.55 Å². The van der Waals surface area contributed by atoms with Crippen molar-refractivity contribution in [3.63, 3.8) is 0 Å². The second-order valence-electron chi connectivity index (χ2n) is 11.2. The summed E-state index contributed by atoms with van der Waals surface area (Å²) in [6.07, 6.45) is 0. The van der Waals surface area contributed by atoms with Gasteiger partial charge in [-0.05, 0) is 64.7 Å². The summed E-state index contributed by atoms with van der Waals surface area (Å²) in [7, 11) is 0. The zero-order valence-electron chi connectivity index (χ0n) is 22.9. The van der Waals surface area contributed by atoms with Crippen LogP contribution in [0.5, 0.6) is 0 Å². The van der Waals surface area contributed by atoms with Gasteiger partial charge in [-0.2, -0.15) is 0 Å². The highest BCUT2D eigenvalue weighted by Crippen LogP contribution is 2.42. The van der Waals surface area contributed by atoms with Crippen molar-refractivity contribution in [2.24, 2.45) is 0 Å². The molecule has 0 radical (unpaired) electrons. The molecule has 0 bridgehead atoms. The molecule has 0 aliphatic rings. The number of hydrogen-bond acceptors (Lipinski definition) is 3. The monoisotopic (exact) mass is 566 g/mol. The van der Waals surface area contributed by atoms with Crippen molar-refractivity contribution in [2.75, 3.05) is 0 Å². The molecule has 4 heteroatoms. The Morgan fingerprint density at radius 2 is 1.26 bits per heavy atom. The second-order valence-corrected chi connectivity index (χ2v) is 12.2. The predicted molar refractivity (Wildman–Crippen MR) is 182 cm³/mol. The van der Waals surface area contributed by atoms with Gasteiger partial charge >= 0.3 is 0 Å². The van der Waals surface area contributed by atoms with E-state index < -0.39 is 0 Å². The Morgan fingerprint density at radius 3 is 2.14 bits per heavy atom. The summed E-state index contributed by atoms with van der Waals surface area (Å²) in [4.78, 5) is 5.03. The van der Waals surface area contributed by atoms with Crippen molar-refractivity contribution < 1.29 is 4.42 Å². The van der Waals surface area contributed by atoms with E-state index in [1.54, 1.807) is 11.3 Å². The van der Waals surface area contributed by atoms with Gasteiger partial charge in [-0.3, -0.25) is 0 Å². The van der Waals surface area contributed by atoms with E-state index >= 15 is 0 Å². The van der Waals surface area contributed by atoms with Gasteiger partial charge in [0.2, 0.25) is 5.89 Å². The van der Waals surface area contributed by atoms with Gasteiger partial charge in [-0.25, -0.2) is 4.98 Å². The molecule has 0 amide bonds. The molecule has 200 valence electrons. The van der Waals surface area contributed by atoms with Crippen LogP contribution in [0.2, 0.25) is 0 Å². The molecule has 7 aromatic carbocycles. The van der Waals surface area contributed by atoms with Crippen LogP contribution in [-0.2, 0) is 0 Å². The van der Waals surface area contributed by atoms with Crippen molar-refractivity contribution in [1.82, 2.24) is 9.55 Å². The molecule has 0 atom stereocenters. The van der Waals surface area contributed by atoms with Crippen molar-refractivity contribution in [2.45, 2.75) is 0 Å². The maximum atomic E-state index is 6.65. The van der Waals surface area contributed by atoms with Crippen LogP contribution in [0, 0.1) is 0 Å². The van der Waals surface area contributed by atoms with Gasteiger partial charge in [0.1, 0.15) is 5.52 Å². The fourth-order valence-electron chi connectivity index (χ4n) is 6.89. The third-order valence-corrected chi connectivity index (χ3v) is 9.94. The topological polar surface area (TPSA) is 31.0 Å². The average Bonchev–Trinajstić information content (AvgIpc) is 3.75. The molecule has 0 unspecified atom stereocenters. The number of thiophene rings is 1. The zero-order valence-corrected chi connectivity index (χ0v) is 23.7. The van der Waals surface area contributed by atoms with Gasteiger partial charge in [0.15, 0.2) is 5.58 Å². The lowest BCUT2D eigenvalue weighted by molar-refractivity contribution is 0.624. The number of nitrogens with zero attached hydrogens (tertiary/aromatic N) is 2. The molecule has 3 aromatic heterocycles. The van der Waals surface area contributed by atoms with Crippen LogP contribution >= 0.6 is 11.3 Å². The molecular weight excluding hydrogens is 545 g/mol. The summed E-state index contributed by atoms with van der Waals surface area (Å²) in [6.45, 7) is 0. The minimum absolute atomic E-state index is 0.647. The Morgan fingerprint density at radius 1 is 0.535 bits per heavy atom. The molecule has 10 rings (SSSR count). The first kappa shape index (κ1) is 23.1. The van der Waals surface area contributed by atoms with E-state index in [0.29, 0.717) is 5.89 Å². The minimum atomic E-state index is 0.647. The van der Waals surface area contributed by atoms with Crippen LogP contribution in [0.3, 0.4) is 0 Å². The Hall–Kier alpha value is -5.45. The SMILES string of the molecule is c1ccc2cc3c(cc2c1)c1ccccc1n3-c1ccc(-c2nc3ccc4sc5ccccc5c4c3o2)c2ccccc12. The number of rotatable bonds is 2. The van der Waals surface area contributed by atoms with Gasteiger partial charge < -0.3 is 8.98 Å². The molecule has 3 heterocycles. The molecule has 10 aromatic rings. The van der Waals surface area contributed by atoms with Crippen molar-refractivity contribution >= 4 is 86.0 Å². The predicted octanol–water partition coefficient (Wildman–Crippen LogP) is 11.3. The lowest BCUT2D eigenvalue weighted by Crippen LogP contribution is -1.96. The van der Waals surface area contributed by atoms with E-state index in [2.05, 4.69) is 138 Å². The Kier molecular flexibility index (Phi) is 4.60. The number of aromatic nitrogens is 2. The molecule has 0 aliphatic carbocycles. The summed E-state index contributed by atoms with van der Waals surface area (Å²) < 4.78 is 11.5. The Bertz CT molecular complexity index is 2740. The smallest absolute Gasteiger partial charge is 0.227 e. The highest BCUT2D eigenvalue weighted by molar-refractivity contribution is 7.26. The maximum Gasteiger partial charge on any atom is 0.227 e. The Labute approximate surface area is 249 Å². The lowest BCUT2D eigenvalue weighted by atomic mass is 10.0. The summed E-state index contributed by atoms with van der Waals surface area (Å²) in [5.41, 5.74) is 6.27.